The quantitative estimate of drug-likeness (QED) is 0.760. The highest BCUT2D eigenvalue weighted by Gasteiger charge is 1.98. The molecule has 0 N–H and O–H groups in total. The highest BCUT2D eigenvalue weighted by atomic mass is 79.9. The molecule has 0 saturated heterocycles. The van der Waals surface area contributed by atoms with E-state index in [9.17, 15) is 0 Å². The number of halogens is 1. The van der Waals surface area contributed by atoms with E-state index in [2.05, 4.69) is 33.9 Å². The van der Waals surface area contributed by atoms with Crippen LogP contribution in [0.25, 0.3) is 0 Å². The number of methoxy groups -OCH3 is 1. The van der Waals surface area contributed by atoms with E-state index in [0.717, 1.165) is 29.6 Å². The molecule has 0 aliphatic heterocycles. The van der Waals surface area contributed by atoms with Gasteiger partial charge in [-0.1, -0.05) is 0 Å². The van der Waals surface area contributed by atoms with Crippen molar-refractivity contribution in [1.82, 2.24) is 4.98 Å². The Balaban J connectivity index is 2.53. The lowest BCUT2D eigenvalue weighted by Crippen LogP contribution is -1.95. The second-order valence-corrected chi connectivity index (χ2v) is 3.88. The Bertz CT molecular complexity index is 276. The fourth-order valence-electron chi connectivity index (χ4n) is 1.13. The molecular formula is C10H14BrNO. The zero-order valence-electron chi connectivity index (χ0n) is 8.01. The van der Waals surface area contributed by atoms with Gasteiger partial charge in [0.25, 0.3) is 0 Å². The van der Waals surface area contributed by atoms with Crippen molar-refractivity contribution < 1.29 is 4.74 Å². The number of rotatable bonds is 4. The maximum absolute atomic E-state index is 4.98. The van der Waals surface area contributed by atoms with Crippen LogP contribution in [0.3, 0.4) is 0 Å². The maximum atomic E-state index is 4.98. The third-order valence-corrected chi connectivity index (χ3v) is 2.72. The lowest BCUT2D eigenvalue weighted by Gasteiger charge is -2.02. The summed E-state index contributed by atoms with van der Waals surface area (Å²) in [6.45, 7) is 2.88. The minimum absolute atomic E-state index is 0.802. The van der Waals surface area contributed by atoms with Crippen molar-refractivity contribution in [2.75, 3.05) is 13.7 Å². The maximum Gasteiger partial charge on any atom is 0.0466 e. The van der Waals surface area contributed by atoms with Crippen LogP contribution < -0.4 is 0 Å². The van der Waals surface area contributed by atoms with Gasteiger partial charge in [0.15, 0.2) is 0 Å². The van der Waals surface area contributed by atoms with E-state index in [0.29, 0.717) is 0 Å². The van der Waals surface area contributed by atoms with Crippen molar-refractivity contribution >= 4 is 15.9 Å². The Morgan fingerprint density at radius 2 is 2.31 bits per heavy atom. The molecule has 0 amide bonds. The molecule has 13 heavy (non-hydrogen) atoms. The normalized spacial score (nSPS) is 10.4. The average Bonchev–Trinajstić information content (AvgIpc) is 2.12. The minimum Gasteiger partial charge on any atom is -0.385 e. The van der Waals surface area contributed by atoms with Gasteiger partial charge in [-0.3, -0.25) is 4.98 Å². The highest BCUT2D eigenvalue weighted by molar-refractivity contribution is 9.10. The summed E-state index contributed by atoms with van der Waals surface area (Å²) in [6.07, 6.45) is 3.88. The molecule has 0 atom stereocenters. The van der Waals surface area contributed by atoms with E-state index in [4.69, 9.17) is 4.74 Å². The average molecular weight is 244 g/mol. The Kier molecular flexibility index (Phi) is 4.39. The molecule has 0 aliphatic carbocycles. The fraction of sp³-hybridized carbons (Fsp3) is 0.500. The monoisotopic (exact) mass is 243 g/mol. The zero-order chi connectivity index (χ0) is 9.68. The third-order valence-electron chi connectivity index (χ3n) is 1.88. The van der Waals surface area contributed by atoms with Crippen LogP contribution in [0.5, 0.6) is 0 Å². The number of hydrogen-bond donors (Lipinski definition) is 0. The molecule has 0 bridgehead atoms. The van der Waals surface area contributed by atoms with Crippen molar-refractivity contribution in [3.05, 3.63) is 28.0 Å². The van der Waals surface area contributed by atoms with Gasteiger partial charge >= 0.3 is 0 Å². The van der Waals surface area contributed by atoms with E-state index in [1.54, 1.807) is 7.11 Å². The lowest BCUT2D eigenvalue weighted by atomic mass is 10.2. The summed E-state index contributed by atoms with van der Waals surface area (Å²) >= 11 is 3.42. The summed E-state index contributed by atoms with van der Waals surface area (Å²) in [5, 5.41) is 0. The third kappa shape index (κ3) is 3.44. The topological polar surface area (TPSA) is 22.1 Å². The van der Waals surface area contributed by atoms with Gasteiger partial charge in [-0.15, -0.1) is 0 Å². The number of pyridine rings is 1. The van der Waals surface area contributed by atoms with Crippen molar-refractivity contribution in [1.29, 1.82) is 0 Å². The molecule has 0 unspecified atom stereocenters. The van der Waals surface area contributed by atoms with Crippen LogP contribution >= 0.6 is 15.9 Å². The SMILES string of the molecule is COCCCc1cc(C)c(Br)cn1. The van der Waals surface area contributed by atoms with E-state index < -0.39 is 0 Å². The smallest absolute Gasteiger partial charge is 0.0466 e. The summed E-state index contributed by atoms with van der Waals surface area (Å²) in [5.74, 6) is 0. The summed E-state index contributed by atoms with van der Waals surface area (Å²) in [4.78, 5) is 4.31. The van der Waals surface area contributed by atoms with Gasteiger partial charge in [0, 0.05) is 30.1 Å². The van der Waals surface area contributed by atoms with Crippen LogP contribution in [-0.4, -0.2) is 18.7 Å². The van der Waals surface area contributed by atoms with Gasteiger partial charge in [-0.25, -0.2) is 0 Å². The fourth-order valence-corrected chi connectivity index (χ4v) is 1.35. The molecule has 0 aliphatic rings. The molecule has 3 heteroatoms. The molecule has 1 rings (SSSR count). The number of nitrogens with zero attached hydrogens (tertiary/aromatic N) is 1. The molecule has 1 heterocycles. The first-order valence-electron chi connectivity index (χ1n) is 4.34. The van der Waals surface area contributed by atoms with Crippen molar-refractivity contribution in [2.45, 2.75) is 19.8 Å². The van der Waals surface area contributed by atoms with Crippen molar-refractivity contribution in [3.63, 3.8) is 0 Å². The summed E-state index contributed by atoms with van der Waals surface area (Å²) in [7, 11) is 1.72. The van der Waals surface area contributed by atoms with E-state index >= 15 is 0 Å². The van der Waals surface area contributed by atoms with E-state index in [1.807, 2.05) is 6.20 Å². The van der Waals surface area contributed by atoms with Gasteiger partial charge in [0.1, 0.15) is 0 Å². The second-order valence-electron chi connectivity index (χ2n) is 3.02. The summed E-state index contributed by atoms with van der Waals surface area (Å²) in [5.41, 5.74) is 2.38. The second kappa shape index (κ2) is 5.35. The summed E-state index contributed by atoms with van der Waals surface area (Å²) < 4.78 is 6.05. The molecule has 72 valence electrons. The molecular weight excluding hydrogens is 230 g/mol. The Morgan fingerprint density at radius 3 is 2.92 bits per heavy atom. The van der Waals surface area contributed by atoms with Gasteiger partial charge < -0.3 is 4.74 Å². The molecule has 0 saturated carbocycles. The molecule has 0 fully saturated rings. The van der Waals surface area contributed by atoms with Crippen molar-refractivity contribution in [3.8, 4) is 0 Å². The van der Waals surface area contributed by atoms with Gasteiger partial charge in [-0.2, -0.15) is 0 Å². The van der Waals surface area contributed by atoms with Crippen LogP contribution in [-0.2, 0) is 11.2 Å². The first kappa shape index (κ1) is 10.7. The molecule has 1 aromatic heterocycles. The van der Waals surface area contributed by atoms with Gasteiger partial charge in [-0.05, 0) is 47.3 Å². The van der Waals surface area contributed by atoms with E-state index in [1.165, 1.54) is 5.56 Å². The van der Waals surface area contributed by atoms with Crippen LogP contribution in [0.2, 0.25) is 0 Å². The van der Waals surface area contributed by atoms with Crippen LogP contribution in [0.15, 0.2) is 16.7 Å². The predicted octanol–water partition coefficient (Wildman–Crippen LogP) is 2.73. The molecule has 0 spiro atoms. The Hall–Kier alpha value is -0.410. The van der Waals surface area contributed by atoms with Crippen molar-refractivity contribution in [2.24, 2.45) is 0 Å². The number of aromatic nitrogens is 1. The molecule has 1 aromatic rings. The first-order chi connectivity index (χ1) is 6.24. The zero-order valence-corrected chi connectivity index (χ0v) is 9.60. The Morgan fingerprint density at radius 1 is 1.54 bits per heavy atom. The van der Waals surface area contributed by atoms with Crippen LogP contribution in [0, 0.1) is 6.92 Å². The molecule has 0 radical (unpaired) electrons. The first-order valence-corrected chi connectivity index (χ1v) is 5.13. The number of aryl methyl sites for hydroxylation is 2. The van der Waals surface area contributed by atoms with Crippen LogP contribution in [0.1, 0.15) is 17.7 Å². The van der Waals surface area contributed by atoms with Gasteiger partial charge in [0.2, 0.25) is 0 Å². The molecule has 2 nitrogen and oxygen atoms in total. The molecule has 0 aromatic carbocycles. The largest absolute Gasteiger partial charge is 0.385 e. The summed E-state index contributed by atoms with van der Waals surface area (Å²) in [6, 6.07) is 2.11. The number of ether oxygens (including phenoxy) is 1. The van der Waals surface area contributed by atoms with Crippen LogP contribution in [0.4, 0.5) is 0 Å². The lowest BCUT2D eigenvalue weighted by molar-refractivity contribution is 0.195. The number of hydrogen-bond acceptors (Lipinski definition) is 2. The Labute approximate surface area is 87.5 Å². The highest BCUT2D eigenvalue weighted by Crippen LogP contribution is 2.15. The minimum atomic E-state index is 0.802. The van der Waals surface area contributed by atoms with E-state index in [-0.39, 0.29) is 0 Å². The van der Waals surface area contributed by atoms with Gasteiger partial charge in [0.05, 0.1) is 0 Å². The predicted molar refractivity (Wildman–Crippen MR) is 56.9 cm³/mol. The standard InChI is InChI=1S/C10H14BrNO/c1-8-6-9(4-3-5-13-2)12-7-10(8)11/h6-7H,3-5H2,1-2H3.